The first-order valence-electron chi connectivity index (χ1n) is 8.49. The lowest BCUT2D eigenvalue weighted by molar-refractivity contribution is -0.117. The molecule has 4 rings (SSSR count). The lowest BCUT2D eigenvalue weighted by Crippen LogP contribution is -2.23. The number of nitrogen functional groups attached to an aromatic ring is 1. The van der Waals surface area contributed by atoms with Gasteiger partial charge in [0.15, 0.2) is 11.2 Å². The van der Waals surface area contributed by atoms with Gasteiger partial charge in [0, 0.05) is 24.2 Å². The van der Waals surface area contributed by atoms with Gasteiger partial charge in [-0.2, -0.15) is 9.97 Å². The molecule has 1 aliphatic rings. The third-order valence-corrected chi connectivity index (χ3v) is 4.22. The molecule has 8 heteroatoms. The molecule has 0 bridgehead atoms. The molecule has 0 atom stereocenters. The molecule has 2 N–H and O–H groups in total. The molecule has 3 aromatic rings. The summed E-state index contributed by atoms with van der Waals surface area (Å²) in [5.41, 5.74) is 9.01. The second-order valence-electron chi connectivity index (χ2n) is 5.94. The Kier molecular flexibility index (Phi) is 4.08. The minimum absolute atomic E-state index is 0.0997. The fourth-order valence-electron chi connectivity index (χ4n) is 3.01. The summed E-state index contributed by atoms with van der Waals surface area (Å²) in [6, 6.07) is 7.70. The van der Waals surface area contributed by atoms with Crippen LogP contribution >= 0.6 is 0 Å². The predicted molar refractivity (Wildman–Crippen MR) is 97.7 cm³/mol. The number of fused-ring (bicyclic) bond motifs is 1. The molecule has 0 unspecified atom stereocenters. The normalized spacial score (nSPS) is 14.2. The number of ether oxygens (including phenoxy) is 1. The summed E-state index contributed by atoms with van der Waals surface area (Å²) >= 11 is 0. The summed E-state index contributed by atoms with van der Waals surface area (Å²) < 4.78 is 5.51. The number of aromatic nitrogens is 4. The minimum Gasteiger partial charge on any atom is -0.476 e. The van der Waals surface area contributed by atoms with E-state index in [0.717, 1.165) is 24.2 Å². The highest BCUT2D eigenvalue weighted by Crippen LogP contribution is 2.27. The standard InChI is InChI=1S/C18H18N6O2/c1-2-26-17-15-16(22-18(19)23-17)20-10-13(21-15)11-5-7-12(8-6-11)24-9-3-4-14(24)25/h5-8,10H,2-4,9H2,1H3,(H2,19,20,22,23). The molecule has 3 heterocycles. The van der Waals surface area contributed by atoms with Gasteiger partial charge >= 0.3 is 0 Å². The first kappa shape index (κ1) is 16.2. The van der Waals surface area contributed by atoms with E-state index < -0.39 is 0 Å². The number of rotatable bonds is 4. The Morgan fingerprint density at radius 3 is 2.69 bits per heavy atom. The number of anilines is 2. The highest BCUT2D eigenvalue weighted by atomic mass is 16.5. The maximum absolute atomic E-state index is 11.9. The van der Waals surface area contributed by atoms with Gasteiger partial charge in [-0.15, -0.1) is 0 Å². The molecule has 1 aromatic carbocycles. The van der Waals surface area contributed by atoms with Crippen LogP contribution < -0.4 is 15.4 Å². The van der Waals surface area contributed by atoms with Crippen LogP contribution in [0.5, 0.6) is 5.88 Å². The van der Waals surface area contributed by atoms with Crippen molar-refractivity contribution in [2.75, 3.05) is 23.8 Å². The lowest BCUT2D eigenvalue weighted by Gasteiger charge is -2.15. The van der Waals surface area contributed by atoms with E-state index in [0.29, 0.717) is 35.8 Å². The topological polar surface area (TPSA) is 107 Å². The zero-order valence-electron chi connectivity index (χ0n) is 14.3. The smallest absolute Gasteiger partial charge is 0.247 e. The van der Waals surface area contributed by atoms with Crippen molar-refractivity contribution < 1.29 is 9.53 Å². The van der Waals surface area contributed by atoms with Crippen LogP contribution in [-0.4, -0.2) is 39.0 Å². The molecule has 8 nitrogen and oxygen atoms in total. The fourth-order valence-corrected chi connectivity index (χ4v) is 3.01. The van der Waals surface area contributed by atoms with E-state index in [-0.39, 0.29) is 11.9 Å². The Balaban J connectivity index is 1.71. The van der Waals surface area contributed by atoms with Gasteiger partial charge in [-0.25, -0.2) is 9.97 Å². The van der Waals surface area contributed by atoms with E-state index in [1.165, 1.54) is 0 Å². The summed E-state index contributed by atoms with van der Waals surface area (Å²) in [6.45, 7) is 3.07. The maximum Gasteiger partial charge on any atom is 0.247 e. The van der Waals surface area contributed by atoms with Crippen LogP contribution in [0.15, 0.2) is 30.5 Å². The average Bonchev–Trinajstić information content (AvgIpc) is 3.08. The number of carbonyl (C=O) groups is 1. The van der Waals surface area contributed by atoms with Crippen molar-refractivity contribution in [2.24, 2.45) is 0 Å². The van der Waals surface area contributed by atoms with Gasteiger partial charge in [-0.05, 0) is 25.5 Å². The number of amides is 1. The molecule has 0 saturated carbocycles. The highest BCUT2D eigenvalue weighted by Gasteiger charge is 2.21. The summed E-state index contributed by atoms with van der Waals surface area (Å²) in [7, 11) is 0. The minimum atomic E-state index is 0.0997. The average molecular weight is 350 g/mol. The summed E-state index contributed by atoms with van der Waals surface area (Å²) in [6.07, 6.45) is 3.15. The number of nitrogens with zero attached hydrogens (tertiary/aromatic N) is 5. The quantitative estimate of drug-likeness (QED) is 0.768. The Morgan fingerprint density at radius 1 is 1.19 bits per heavy atom. The molecule has 26 heavy (non-hydrogen) atoms. The number of nitrogens with two attached hydrogens (primary N) is 1. The summed E-state index contributed by atoms with van der Waals surface area (Å²) in [4.78, 5) is 30.8. The molecule has 1 fully saturated rings. The van der Waals surface area contributed by atoms with Gasteiger partial charge in [0.2, 0.25) is 17.7 Å². The van der Waals surface area contributed by atoms with Crippen LogP contribution in [-0.2, 0) is 4.79 Å². The first-order chi connectivity index (χ1) is 12.7. The van der Waals surface area contributed by atoms with Crippen molar-refractivity contribution in [1.82, 2.24) is 19.9 Å². The first-order valence-corrected chi connectivity index (χ1v) is 8.49. The molecule has 132 valence electrons. The lowest BCUT2D eigenvalue weighted by atomic mass is 10.1. The van der Waals surface area contributed by atoms with Crippen LogP contribution in [0.25, 0.3) is 22.4 Å². The molecule has 0 spiro atoms. The monoisotopic (exact) mass is 350 g/mol. The molecule has 2 aromatic heterocycles. The molecular weight excluding hydrogens is 332 g/mol. The fraction of sp³-hybridized carbons (Fsp3) is 0.278. The van der Waals surface area contributed by atoms with E-state index in [1.807, 2.05) is 31.2 Å². The number of benzene rings is 1. The Morgan fingerprint density at radius 2 is 2.00 bits per heavy atom. The Labute approximate surface area is 150 Å². The van der Waals surface area contributed by atoms with E-state index in [1.54, 1.807) is 11.1 Å². The van der Waals surface area contributed by atoms with E-state index in [2.05, 4.69) is 19.9 Å². The van der Waals surface area contributed by atoms with Crippen LogP contribution in [0.1, 0.15) is 19.8 Å². The summed E-state index contributed by atoms with van der Waals surface area (Å²) in [5, 5.41) is 0. The van der Waals surface area contributed by atoms with Crippen LogP contribution in [0.2, 0.25) is 0 Å². The second kappa shape index (κ2) is 6.55. The zero-order chi connectivity index (χ0) is 18.1. The van der Waals surface area contributed by atoms with Gasteiger partial charge in [0.25, 0.3) is 0 Å². The van der Waals surface area contributed by atoms with Gasteiger partial charge < -0.3 is 15.4 Å². The Bertz CT molecular complexity index is 973. The van der Waals surface area contributed by atoms with Crippen molar-refractivity contribution in [3.63, 3.8) is 0 Å². The van der Waals surface area contributed by atoms with Gasteiger partial charge in [0.1, 0.15) is 0 Å². The van der Waals surface area contributed by atoms with E-state index in [4.69, 9.17) is 10.5 Å². The number of carbonyl (C=O) groups excluding carboxylic acids is 1. The SMILES string of the molecule is CCOc1nc(N)nc2ncc(-c3ccc(N4CCCC4=O)cc3)nc12. The number of hydrogen-bond acceptors (Lipinski definition) is 7. The molecule has 1 amide bonds. The van der Waals surface area contributed by atoms with Crippen molar-refractivity contribution in [3.8, 4) is 17.1 Å². The van der Waals surface area contributed by atoms with Crippen LogP contribution in [0.3, 0.4) is 0 Å². The molecule has 1 aliphatic heterocycles. The Hall–Kier alpha value is -3.29. The van der Waals surface area contributed by atoms with Crippen molar-refractivity contribution in [2.45, 2.75) is 19.8 Å². The van der Waals surface area contributed by atoms with Gasteiger partial charge in [0.05, 0.1) is 18.5 Å². The van der Waals surface area contributed by atoms with E-state index in [9.17, 15) is 4.79 Å². The number of hydrogen-bond donors (Lipinski definition) is 1. The third kappa shape index (κ3) is 2.90. The highest BCUT2D eigenvalue weighted by molar-refractivity contribution is 5.95. The molecule has 1 saturated heterocycles. The van der Waals surface area contributed by atoms with Gasteiger partial charge in [-0.1, -0.05) is 12.1 Å². The van der Waals surface area contributed by atoms with Crippen LogP contribution in [0, 0.1) is 0 Å². The summed E-state index contributed by atoms with van der Waals surface area (Å²) in [5.74, 6) is 0.589. The largest absolute Gasteiger partial charge is 0.476 e. The molecular formula is C18H18N6O2. The van der Waals surface area contributed by atoms with Crippen molar-refractivity contribution in [1.29, 1.82) is 0 Å². The molecule has 0 radical (unpaired) electrons. The van der Waals surface area contributed by atoms with Gasteiger partial charge in [-0.3, -0.25) is 4.79 Å². The van der Waals surface area contributed by atoms with E-state index >= 15 is 0 Å². The molecule has 0 aliphatic carbocycles. The zero-order valence-corrected chi connectivity index (χ0v) is 14.3. The van der Waals surface area contributed by atoms with Crippen molar-refractivity contribution >= 4 is 28.7 Å². The maximum atomic E-state index is 11.9. The second-order valence-corrected chi connectivity index (χ2v) is 5.94. The van der Waals surface area contributed by atoms with Crippen molar-refractivity contribution in [3.05, 3.63) is 30.5 Å². The van der Waals surface area contributed by atoms with Crippen LogP contribution in [0.4, 0.5) is 11.6 Å². The third-order valence-electron chi connectivity index (χ3n) is 4.22. The predicted octanol–water partition coefficient (Wildman–Crippen LogP) is 2.19.